The molecule has 0 fully saturated rings. The van der Waals surface area contributed by atoms with Crippen molar-refractivity contribution in [1.29, 1.82) is 0 Å². The van der Waals surface area contributed by atoms with Gasteiger partial charge in [-0.05, 0) is 53.9 Å². The highest BCUT2D eigenvalue weighted by molar-refractivity contribution is 6.03. The van der Waals surface area contributed by atoms with Gasteiger partial charge in [-0.2, -0.15) is 4.99 Å². The molecule has 12 heteroatoms. The number of primary amides is 1. The molecule has 4 rings (SSSR count). The number of nitrogens with two attached hydrogens (primary N) is 1. The van der Waals surface area contributed by atoms with Crippen molar-refractivity contribution in [3.05, 3.63) is 83.9 Å². The van der Waals surface area contributed by atoms with E-state index in [-0.39, 0.29) is 33.6 Å². The molecule has 38 heavy (non-hydrogen) atoms. The molecule has 0 unspecified atom stereocenters. The van der Waals surface area contributed by atoms with E-state index in [9.17, 15) is 27.2 Å². The molecule has 0 aliphatic carbocycles. The van der Waals surface area contributed by atoms with E-state index in [1.807, 2.05) is 0 Å². The molecule has 0 atom stereocenters. The summed E-state index contributed by atoms with van der Waals surface area (Å²) in [6.45, 7) is 0. The van der Waals surface area contributed by atoms with E-state index < -0.39 is 41.1 Å². The Bertz CT molecular complexity index is 1570. The van der Waals surface area contributed by atoms with Gasteiger partial charge in [-0.15, -0.1) is 0 Å². The number of nitrogens with zero attached hydrogens (tertiary/aromatic N) is 4. The van der Waals surface area contributed by atoms with Crippen LogP contribution in [-0.4, -0.2) is 42.4 Å². The molecule has 8 nitrogen and oxygen atoms in total. The zero-order valence-corrected chi connectivity index (χ0v) is 20.0. The van der Waals surface area contributed by atoms with Crippen molar-refractivity contribution in [2.75, 3.05) is 19.0 Å². The Labute approximate surface area is 213 Å². The number of para-hydroxylation sites is 1. The lowest BCUT2D eigenvalue weighted by molar-refractivity contribution is 0.211. The molecule has 0 aliphatic rings. The van der Waals surface area contributed by atoms with Crippen LogP contribution in [0.15, 0.2) is 65.7 Å². The van der Waals surface area contributed by atoms with Gasteiger partial charge in [0.15, 0.2) is 0 Å². The highest BCUT2D eigenvalue weighted by atomic mass is 19.1. The van der Waals surface area contributed by atoms with Crippen molar-refractivity contribution in [3.63, 3.8) is 0 Å². The van der Waals surface area contributed by atoms with Crippen LogP contribution in [0, 0.1) is 23.3 Å². The minimum absolute atomic E-state index is 0.0174. The van der Waals surface area contributed by atoms with Crippen LogP contribution in [0.3, 0.4) is 0 Å². The molecule has 1 heterocycles. The van der Waals surface area contributed by atoms with Crippen LogP contribution in [0.4, 0.5) is 38.7 Å². The van der Waals surface area contributed by atoms with Crippen LogP contribution in [0.2, 0.25) is 0 Å². The zero-order valence-electron chi connectivity index (χ0n) is 20.0. The molecule has 0 saturated carbocycles. The summed E-state index contributed by atoms with van der Waals surface area (Å²) in [5, 5.41) is 0.507. The van der Waals surface area contributed by atoms with Gasteiger partial charge in [0.05, 0.1) is 12.0 Å². The minimum atomic E-state index is -1.29. The van der Waals surface area contributed by atoms with Gasteiger partial charge >= 0.3 is 12.1 Å². The summed E-state index contributed by atoms with van der Waals surface area (Å²) in [6, 6.07) is 9.84. The third kappa shape index (κ3) is 5.38. The number of fused-ring (bicyclic) bond motifs is 1. The fourth-order valence-corrected chi connectivity index (χ4v) is 3.62. The van der Waals surface area contributed by atoms with Crippen LogP contribution >= 0.6 is 0 Å². The van der Waals surface area contributed by atoms with E-state index in [1.54, 1.807) is 14.1 Å². The molecule has 0 spiro atoms. The van der Waals surface area contributed by atoms with E-state index in [2.05, 4.69) is 9.98 Å². The lowest BCUT2D eigenvalue weighted by Crippen LogP contribution is -2.33. The fraction of sp³-hybridized carbons (Fsp3) is 0.0769. The van der Waals surface area contributed by atoms with E-state index in [0.29, 0.717) is 11.0 Å². The SMILES string of the molecule is CN(C)C=NC(=O)Oc1ccc2c(-c3ccc(F)cc3F)nc(N(C(N)=O)c3c(F)cccc3F)cc2c1. The Hall–Kier alpha value is -5.00. The van der Waals surface area contributed by atoms with Crippen LogP contribution in [0.1, 0.15) is 0 Å². The van der Waals surface area contributed by atoms with Crippen LogP contribution in [0.5, 0.6) is 5.75 Å². The average molecular weight is 525 g/mol. The van der Waals surface area contributed by atoms with Gasteiger partial charge in [-0.25, -0.2) is 37.0 Å². The molecule has 0 radical (unpaired) electrons. The van der Waals surface area contributed by atoms with Gasteiger partial charge < -0.3 is 15.4 Å². The first-order chi connectivity index (χ1) is 18.0. The number of pyridine rings is 1. The fourth-order valence-electron chi connectivity index (χ4n) is 3.62. The molecular formula is C26H19F4N5O3. The molecular weight excluding hydrogens is 506 g/mol. The number of hydrogen-bond acceptors (Lipinski definition) is 4. The van der Waals surface area contributed by atoms with Crippen LogP contribution in [-0.2, 0) is 0 Å². The predicted molar refractivity (Wildman–Crippen MR) is 133 cm³/mol. The van der Waals surface area contributed by atoms with Crippen molar-refractivity contribution >= 4 is 40.7 Å². The first kappa shape index (κ1) is 26.1. The normalized spacial score (nSPS) is 11.1. The van der Waals surface area contributed by atoms with Crippen molar-refractivity contribution in [3.8, 4) is 17.0 Å². The third-order valence-electron chi connectivity index (χ3n) is 5.19. The number of carbonyl (C=O) groups excluding carboxylic acids is 2. The maximum absolute atomic E-state index is 14.8. The van der Waals surface area contributed by atoms with Gasteiger partial charge in [-0.3, -0.25) is 0 Å². The predicted octanol–water partition coefficient (Wildman–Crippen LogP) is 5.76. The Kier molecular flexibility index (Phi) is 7.24. The standard InChI is InChI=1S/C26H19F4N5O3/c1-34(2)13-32-26(37)38-16-7-9-17-14(10-16)11-22(33-23(17)18-8-6-15(27)12-21(18)30)35(25(31)36)24-19(28)4-3-5-20(24)29/h3-13H,1-2H3,(H2,31,36). The van der Waals surface area contributed by atoms with E-state index in [0.717, 1.165) is 30.3 Å². The molecule has 3 aromatic carbocycles. The third-order valence-corrected chi connectivity index (χ3v) is 5.19. The Morgan fingerprint density at radius 2 is 1.66 bits per heavy atom. The molecule has 0 bridgehead atoms. The molecule has 0 saturated heterocycles. The summed E-state index contributed by atoms with van der Waals surface area (Å²) < 4.78 is 62.9. The first-order valence-electron chi connectivity index (χ1n) is 10.9. The Balaban J connectivity index is 1.95. The van der Waals surface area contributed by atoms with Gasteiger partial charge in [0, 0.05) is 31.1 Å². The Morgan fingerprint density at radius 1 is 0.947 bits per heavy atom. The minimum Gasteiger partial charge on any atom is -0.409 e. The Morgan fingerprint density at radius 3 is 2.29 bits per heavy atom. The number of carbonyl (C=O) groups is 2. The van der Waals surface area contributed by atoms with E-state index in [4.69, 9.17) is 10.5 Å². The van der Waals surface area contributed by atoms with Crippen molar-refractivity contribution in [2.24, 2.45) is 10.7 Å². The first-order valence-corrected chi connectivity index (χ1v) is 10.9. The lowest BCUT2D eigenvalue weighted by Gasteiger charge is -2.22. The number of hydrogen-bond donors (Lipinski definition) is 1. The molecule has 4 aromatic rings. The monoisotopic (exact) mass is 525 g/mol. The molecule has 3 amide bonds. The number of aliphatic imine (C=N–C) groups is 1. The average Bonchev–Trinajstić information content (AvgIpc) is 2.84. The lowest BCUT2D eigenvalue weighted by atomic mass is 10.0. The molecule has 2 N–H and O–H groups in total. The smallest absolute Gasteiger partial charge is 0.409 e. The largest absolute Gasteiger partial charge is 0.440 e. The quantitative estimate of drug-likeness (QED) is 0.203. The summed E-state index contributed by atoms with van der Waals surface area (Å²) in [5.41, 5.74) is 4.40. The molecule has 194 valence electrons. The van der Waals surface area contributed by atoms with Crippen LogP contribution < -0.4 is 15.4 Å². The second-order valence-electron chi connectivity index (χ2n) is 8.16. The number of anilines is 2. The summed E-state index contributed by atoms with van der Waals surface area (Å²) >= 11 is 0. The second kappa shape index (κ2) is 10.5. The zero-order chi connectivity index (χ0) is 27.6. The highest BCUT2D eigenvalue weighted by Crippen LogP contribution is 2.37. The second-order valence-corrected chi connectivity index (χ2v) is 8.16. The number of benzene rings is 3. The van der Waals surface area contributed by atoms with Gasteiger partial charge in [0.25, 0.3) is 0 Å². The number of halogens is 4. The summed E-state index contributed by atoms with van der Waals surface area (Å²) in [5.74, 6) is -4.40. The van der Waals surface area contributed by atoms with Crippen molar-refractivity contribution < 1.29 is 31.9 Å². The maximum Gasteiger partial charge on any atom is 0.440 e. The van der Waals surface area contributed by atoms with Gasteiger partial charge in [-0.1, -0.05) is 6.07 Å². The van der Waals surface area contributed by atoms with Crippen LogP contribution in [0.25, 0.3) is 22.0 Å². The van der Waals surface area contributed by atoms with Gasteiger partial charge in [0.1, 0.15) is 40.5 Å². The number of urea groups is 1. The number of rotatable bonds is 5. The van der Waals surface area contributed by atoms with Crippen molar-refractivity contribution in [2.45, 2.75) is 0 Å². The highest BCUT2D eigenvalue weighted by Gasteiger charge is 2.26. The summed E-state index contributed by atoms with van der Waals surface area (Å²) in [4.78, 5) is 34.3. The molecule has 0 aliphatic heterocycles. The van der Waals surface area contributed by atoms with Crippen molar-refractivity contribution in [1.82, 2.24) is 9.88 Å². The van der Waals surface area contributed by atoms with Gasteiger partial charge in [0.2, 0.25) is 0 Å². The van der Waals surface area contributed by atoms with E-state index >= 15 is 0 Å². The number of amides is 3. The summed E-state index contributed by atoms with van der Waals surface area (Å²) in [6.07, 6.45) is 0.290. The number of ether oxygens (including phenoxy) is 1. The number of aromatic nitrogens is 1. The maximum atomic E-state index is 14.8. The topological polar surface area (TPSA) is 101 Å². The summed E-state index contributed by atoms with van der Waals surface area (Å²) in [7, 11) is 3.31. The van der Waals surface area contributed by atoms with E-state index in [1.165, 1.54) is 35.5 Å². The molecule has 1 aromatic heterocycles.